The van der Waals surface area contributed by atoms with Gasteiger partial charge in [-0.25, -0.2) is 0 Å². The van der Waals surface area contributed by atoms with Crippen molar-refractivity contribution >= 4 is 11.8 Å². The van der Waals surface area contributed by atoms with E-state index in [9.17, 15) is 9.59 Å². The van der Waals surface area contributed by atoms with Gasteiger partial charge in [0.05, 0.1) is 7.11 Å². The van der Waals surface area contributed by atoms with E-state index < -0.39 is 6.04 Å². The molecule has 0 radical (unpaired) electrons. The van der Waals surface area contributed by atoms with Gasteiger partial charge in [0.15, 0.2) is 0 Å². The molecule has 2 amide bonds. The van der Waals surface area contributed by atoms with Crippen molar-refractivity contribution in [2.75, 3.05) is 33.3 Å². The lowest BCUT2D eigenvalue weighted by Gasteiger charge is -2.26. The number of hydrogen-bond acceptors (Lipinski definition) is 4. The fourth-order valence-electron chi connectivity index (χ4n) is 3.31. The summed E-state index contributed by atoms with van der Waals surface area (Å²) < 4.78 is 5.11. The predicted octanol–water partition coefficient (Wildman–Crippen LogP) is 2.44. The molecular formula is C21H33N3O3. The molecule has 1 aromatic rings. The number of ether oxygens (including phenoxy) is 1. The van der Waals surface area contributed by atoms with Gasteiger partial charge in [-0.2, -0.15) is 0 Å². The summed E-state index contributed by atoms with van der Waals surface area (Å²) in [6.45, 7) is 7.86. The highest BCUT2D eigenvalue weighted by Crippen LogP contribution is 2.12. The maximum Gasteiger partial charge on any atom is 0.251 e. The molecule has 1 heterocycles. The van der Waals surface area contributed by atoms with E-state index in [0.717, 1.165) is 13.0 Å². The molecule has 27 heavy (non-hydrogen) atoms. The van der Waals surface area contributed by atoms with Gasteiger partial charge in [0, 0.05) is 12.1 Å². The van der Waals surface area contributed by atoms with Crippen molar-refractivity contribution in [2.45, 2.75) is 45.6 Å². The summed E-state index contributed by atoms with van der Waals surface area (Å²) in [6.07, 6.45) is 4.82. The predicted molar refractivity (Wildman–Crippen MR) is 107 cm³/mol. The summed E-state index contributed by atoms with van der Waals surface area (Å²) in [5.41, 5.74) is 0.513. The highest BCUT2D eigenvalue weighted by molar-refractivity contribution is 5.97. The second-order valence-electron chi connectivity index (χ2n) is 7.47. The van der Waals surface area contributed by atoms with E-state index in [2.05, 4.69) is 15.5 Å². The van der Waals surface area contributed by atoms with Crippen molar-refractivity contribution < 1.29 is 14.3 Å². The Morgan fingerprint density at radius 3 is 2.37 bits per heavy atom. The number of nitrogens with zero attached hydrogens (tertiary/aromatic N) is 1. The Morgan fingerprint density at radius 1 is 1.11 bits per heavy atom. The Bertz CT molecular complexity index is 595. The third-order valence-electron chi connectivity index (χ3n) is 4.99. The van der Waals surface area contributed by atoms with Crippen LogP contribution in [0.5, 0.6) is 5.75 Å². The topological polar surface area (TPSA) is 70.7 Å². The summed E-state index contributed by atoms with van der Waals surface area (Å²) >= 11 is 0. The number of methoxy groups -OCH3 is 1. The van der Waals surface area contributed by atoms with Gasteiger partial charge in [-0.05, 0) is 69.1 Å². The molecule has 1 saturated heterocycles. The number of piperidine rings is 1. The zero-order valence-corrected chi connectivity index (χ0v) is 16.8. The third-order valence-corrected chi connectivity index (χ3v) is 4.99. The van der Waals surface area contributed by atoms with Gasteiger partial charge in [0.25, 0.3) is 5.91 Å². The molecule has 6 heteroatoms. The molecule has 1 fully saturated rings. The highest BCUT2D eigenvalue weighted by atomic mass is 16.5. The lowest BCUT2D eigenvalue weighted by Crippen LogP contribution is -2.50. The minimum atomic E-state index is -0.547. The molecule has 1 unspecified atom stereocenters. The van der Waals surface area contributed by atoms with Crippen molar-refractivity contribution in [1.29, 1.82) is 0 Å². The van der Waals surface area contributed by atoms with Crippen LogP contribution in [0, 0.1) is 5.92 Å². The van der Waals surface area contributed by atoms with E-state index in [1.54, 1.807) is 31.4 Å². The number of carbonyl (C=O) groups is 2. The lowest BCUT2D eigenvalue weighted by atomic mass is 10.0. The molecule has 150 valence electrons. The van der Waals surface area contributed by atoms with Crippen molar-refractivity contribution in [3.05, 3.63) is 29.8 Å². The third kappa shape index (κ3) is 6.86. The first-order valence-corrected chi connectivity index (χ1v) is 9.96. The summed E-state index contributed by atoms with van der Waals surface area (Å²) in [4.78, 5) is 27.5. The van der Waals surface area contributed by atoms with Gasteiger partial charge < -0.3 is 20.3 Å². The quantitative estimate of drug-likeness (QED) is 0.651. The highest BCUT2D eigenvalue weighted by Gasteiger charge is 2.24. The van der Waals surface area contributed by atoms with E-state index in [0.29, 0.717) is 17.9 Å². The minimum Gasteiger partial charge on any atom is -0.497 e. The number of amides is 2. The Morgan fingerprint density at radius 2 is 1.78 bits per heavy atom. The summed E-state index contributed by atoms with van der Waals surface area (Å²) in [6, 6.07) is 6.32. The first kappa shape index (κ1) is 21.2. The Hall–Kier alpha value is -2.08. The van der Waals surface area contributed by atoms with Crippen molar-refractivity contribution in [1.82, 2.24) is 15.5 Å². The Kier molecular flexibility index (Phi) is 8.58. The van der Waals surface area contributed by atoms with Crippen LogP contribution in [0.25, 0.3) is 0 Å². The van der Waals surface area contributed by atoms with Crippen LogP contribution in [-0.2, 0) is 4.79 Å². The second-order valence-corrected chi connectivity index (χ2v) is 7.47. The fourth-order valence-corrected chi connectivity index (χ4v) is 3.31. The van der Waals surface area contributed by atoms with Crippen LogP contribution in [0.15, 0.2) is 24.3 Å². The monoisotopic (exact) mass is 375 g/mol. The van der Waals surface area contributed by atoms with Gasteiger partial charge in [-0.1, -0.05) is 20.3 Å². The molecule has 2 rings (SSSR count). The van der Waals surface area contributed by atoms with Crippen LogP contribution in [0.1, 0.15) is 49.9 Å². The van der Waals surface area contributed by atoms with Crippen LogP contribution in [0.2, 0.25) is 0 Å². The van der Waals surface area contributed by atoms with Crippen LogP contribution >= 0.6 is 0 Å². The molecule has 6 nitrogen and oxygen atoms in total. The largest absolute Gasteiger partial charge is 0.497 e. The minimum absolute atomic E-state index is 0.00860. The number of likely N-dealkylation sites (tertiary alicyclic amines) is 1. The van der Waals surface area contributed by atoms with E-state index in [1.807, 2.05) is 13.8 Å². The van der Waals surface area contributed by atoms with Crippen LogP contribution in [0.3, 0.4) is 0 Å². The molecular weight excluding hydrogens is 342 g/mol. The normalized spacial score (nSPS) is 16.0. The van der Waals surface area contributed by atoms with Gasteiger partial charge >= 0.3 is 0 Å². The molecule has 0 aromatic heterocycles. The van der Waals surface area contributed by atoms with Crippen molar-refractivity contribution in [2.24, 2.45) is 5.92 Å². The van der Waals surface area contributed by atoms with Gasteiger partial charge in [-0.15, -0.1) is 0 Å². The van der Waals surface area contributed by atoms with E-state index in [1.165, 1.54) is 32.4 Å². The van der Waals surface area contributed by atoms with Crippen molar-refractivity contribution in [3.8, 4) is 5.75 Å². The number of nitrogens with one attached hydrogen (secondary N) is 2. The average Bonchev–Trinajstić information content (AvgIpc) is 2.69. The summed E-state index contributed by atoms with van der Waals surface area (Å²) in [5, 5.41) is 5.84. The zero-order chi connectivity index (χ0) is 19.6. The lowest BCUT2D eigenvalue weighted by molar-refractivity contribution is -0.123. The maximum atomic E-state index is 12.5. The van der Waals surface area contributed by atoms with Crippen LogP contribution in [0.4, 0.5) is 0 Å². The number of carbonyl (C=O) groups excluding carboxylic acids is 2. The first-order chi connectivity index (χ1) is 13.0. The smallest absolute Gasteiger partial charge is 0.251 e. The van der Waals surface area contributed by atoms with Crippen molar-refractivity contribution in [3.63, 3.8) is 0 Å². The molecule has 0 spiro atoms. The average molecular weight is 376 g/mol. The fraction of sp³-hybridized carbons (Fsp3) is 0.619. The van der Waals surface area contributed by atoms with E-state index in [4.69, 9.17) is 4.74 Å². The molecule has 2 N–H and O–H groups in total. The SMILES string of the molecule is COc1ccc(C(=O)NC(C(=O)NCCCN2CCCCC2)C(C)C)cc1. The molecule has 0 bridgehead atoms. The molecule has 0 saturated carbocycles. The van der Waals surface area contributed by atoms with Gasteiger partial charge in [0.1, 0.15) is 11.8 Å². The van der Waals surface area contributed by atoms with Crippen LogP contribution < -0.4 is 15.4 Å². The number of rotatable bonds is 9. The van der Waals surface area contributed by atoms with E-state index in [-0.39, 0.29) is 17.7 Å². The van der Waals surface area contributed by atoms with Gasteiger partial charge in [0.2, 0.25) is 5.91 Å². The number of hydrogen-bond donors (Lipinski definition) is 2. The molecule has 1 aliphatic rings. The molecule has 1 atom stereocenters. The zero-order valence-electron chi connectivity index (χ0n) is 16.8. The Balaban J connectivity index is 1.79. The Labute approximate surface area is 162 Å². The standard InChI is InChI=1S/C21H33N3O3/c1-16(2)19(23-20(25)17-8-10-18(27-3)11-9-17)21(26)22-12-7-15-24-13-5-4-6-14-24/h8-11,16,19H,4-7,12-15H2,1-3H3,(H,22,26)(H,23,25). The van der Waals surface area contributed by atoms with Gasteiger partial charge in [-0.3, -0.25) is 9.59 Å². The number of benzene rings is 1. The maximum absolute atomic E-state index is 12.5. The van der Waals surface area contributed by atoms with Crippen LogP contribution in [-0.4, -0.2) is 56.0 Å². The second kappa shape index (κ2) is 10.9. The molecule has 1 aromatic carbocycles. The molecule has 1 aliphatic heterocycles. The summed E-state index contributed by atoms with van der Waals surface area (Å²) in [5.74, 6) is 0.332. The van der Waals surface area contributed by atoms with E-state index >= 15 is 0 Å². The summed E-state index contributed by atoms with van der Waals surface area (Å²) in [7, 11) is 1.58. The molecule has 0 aliphatic carbocycles. The first-order valence-electron chi connectivity index (χ1n) is 9.96.